The lowest BCUT2D eigenvalue weighted by Crippen LogP contribution is -2.38. The zero-order valence-electron chi connectivity index (χ0n) is 13.0. The van der Waals surface area contributed by atoms with Crippen molar-refractivity contribution in [1.82, 2.24) is 0 Å². The van der Waals surface area contributed by atoms with Crippen molar-refractivity contribution in [3.05, 3.63) is 53.6 Å². The summed E-state index contributed by atoms with van der Waals surface area (Å²) >= 11 is 0. The van der Waals surface area contributed by atoms with Gasteiger partial charge in [-0.15, -0.1) is 0 Å². The van der Waals surface area contributed by atoms with E-state index in [2.05, 4.69) is 0 Å². The molecule has 3 rings (SSSR count). The lowest BCUT2D eigenvalue weighted by Gasteiger charge is -2.25. The Kier molecular flexibility index (Phi) is 4.13. The maximum Gasteiger partial charge on any atom is 0.228 e. The minimum absolute atomic E-state index is 0.0919. The highest BCUT2D eigenvalue weighted by atomic mass is 19.1. The number of hydrogen-bond acceptors (Lipinski definition) is 3. The lowest BCUT2D eigenvalue weighted by molar-refractivity contribution is -0.123. The highest BCUT2D eigenvalue weighted by Gasteiger charge is 2.41. The van der Waals surface area contributed by atoms with Gasteiger partial charge in [0.15, 0.2) is 11.6 Å². The minimum Gasteiger partial charge on any atom is -0.455 e. The van der Waals surface area contributed by atoms with Gasteiger partial charge in [-0.1, -0.05) is 25.0 Å². The Morgan fingerprint density at radius 2 is 1.71 bits per heavy atom. The van der Waals surface area contributed by atoms with Gasteiger partial charge < -0.3 is 16.2 Å². The Morgan fingerprint density at radius 1 is 1.08 bits per heavy atom. The second kappa shape index (κ2) is 6.11. The zero-order chi connectivity index (χ0) is 17.3. The van der Waals surface area contributed by atoms with Crippen molar-refractivity contribution in [2.24, 2.45) is 5.73 Å². The molecule has 0 unspecified atom stereocenters. The third-order valence-corrected chi connectivity index (χ3v) is 4.62. The first kappa shape index (κ1) is 16.2. The van der Waals surface area contributed by atoms with Gasteiger partial charge in [0.1, 0.15) is 17.3 Å². The third-order valence-electron chi connectivity index (χ3n) is 4.62. The number of nitrogens with two attached hydrogens (primary N) is 2. The lowest BCUT2D eigenvalue weighted by atomic mass is 9.78. The Bertz CT molecular complexity index is 769. The summed E-state index contributed by atoms with van der Waals surface area (Å²) < 4.78 is 32.2. The molecule has 0 atom stereocenters. The maximum atomic E-state index is 13.5. The Labute approximate surface area is 138 Å². The number of halogens is 2. The number of nitrogen functional groups attached to an aromatic ring is 1. The fourth-order valence-electron chi connectivity index (χ4n) is 3.27. The number of rotatable bonds is 4. The molecule has 6 heteroatoms. The normalized spacial score (nSPS) is 16.1. The van der Waals surface area contributed by atoms with Crippen LogP contribution in [0.2, 0.25) is 0 Å². The molecule has 4 N–H and O–H groups in total. The number of ether oxygens (including phenoxy) is 1. The van der Waals surface area contributed by atoms with Crippen LogP contribution in [0.1, 0.15) is 31.2 Å². The summed E-state index contributed by atoms with van der Waals surface area (Å²) in [5.41, 5.74) is 11.1. The number of amides is 1. The summed E-state index contributed by atoms with van der Waals surface area (Å²) in [5, 5.41) is 0. The van der Waals surface area contributed by atoms with Crippen LogP contribution in [0, 0.1) is 11.6 Å². The first-order chi connectivity index (χ1) is 11.4. The molecule has 1 saturated carbocycles. The number of anilines is 1. The predicted octanol–water partition coefficient (Wildman–Crippen LogP) is 3.64. The monoisotopic (exact) mass is 332 g/mol. The van der Waals surface area contributed by atoms with E-state index in [-0.39, 0.29) is 17.3 Å². The average molecular weight is 332 g/mol. The van der Waals surface area contributed by atoms with Crippen molar-refractivity contribution < 1.29 is 18.3 Å². The van der Waals surface area contributed by atoms with Crippen LogP contribution >= 0.6 is 0 Å². The molecule has 1 aliphatic rings. The van der Waals surface area contributed by atoms with Crippen molar-refractivity contribution in [3.8, 4) is 11.5 Å². The largest absolute Gasteiger partial charge is 0.455 e. The van der Waals surface area contributed by atoms with E-state index >= 15 is 0 Å². The number of hydrogen-bond donors (Lipinski definition) is 2. The number of carbonyl (C=O) groups is 1. The maximum absolute atomic E-state index is 13.5. The Balaban J connectivity index is 1.87. The van der Waals surface area contributed by atoms with Crippen molar-refractivity contribution in [2.45, 2.75) is 31.1 Å². The summed E-state index contributed by atoms with van der Waals surface area (Å²) in [6, 6.07) is 8.52. The molecule has 1 amide bonds. The van der Waals surface area contributed by atoms with Crippen LogP contribution in [0.3, 0.4) is 0 Å². The van der Waals surface area contributed by atoms with E-state index in [0.717, 1.165) is 37.3 Å². The topological polar surface area (TPSA) is 78.3 Å². The van der Waals surface area contributed by atoms with Gasteiger partial charge in [0, 0.05) is 12.1 Å². The van der Waals surface area contributed by atoms with Crippen molar-refractivity contribution in [1.29, 1.82) is 0 Å². The summed E-state index contributed by atoms with van der Waals surface area (Å²) in [6.07, 6.45) is 3.37. The predicted molar refractivity (Wildman–Crippen MR) is 86.6 cm³/mol. The van der Waals surface area contributed by atoms with Gasteiger partial charge in [-0.25, -0.2) is 8.78 Å². The number of benzene rings is 2. The van der Waals surface area contributed by atoms with Gasteiger partial charge in [0.05, 0.1) is 5.41 Å². The molecule has 24 heavy (non-hydrogen) atoms. The van der Waals surface area contributed by atoms with Gasteiger partial charge in [-0.05, 0) is 30.5 Å². The van der Waals surface area contributed by atoms with Gasteiger partial charge in [-0.2, -0.15) is 0 Å². The van der Waals surface area contributed by atoms with Gasteiger partial charge in [-0.3, -0.25) is 4.79 Å². The van der Waals surface area contributed by atoms with E-state index in [4.69, 9.17) is 16.2 Å². The number of primary amides is 1. The molecule has 1 fully saturated rings. The molecule has 126 valence electrons. The van der Waals surface area contributed by atoms with Gasteiger partial charge >= 0.3 is 0 Å². The highest BCUT2D eigenvalue weighted by molar-refractivity contribution is 5.87. The quantitative estimate of drug-likeness (QED) is 0.839. The molecule has 0 bridgehead atoms. The molecular formula is C18H18F2N2O2. The van der Waals surface area contributed by atoms with E-state index < -0.39 is 17.0 Å². The molecule has 0 aliphatic heterocycles. The van der Waals surface area contributed by atoms with Crippen LogP contribution < -0.4 is 16.2 Å². The standard InChI is InChI=1S/C18H18F2N2O2/c19-12-9-14(20)16(21)15(10-12)24-13-5-3-11(4-6-13)18(17(22)23)7-1-2-8-18/h3-6,9-10H,1-2,7-8,21H2,(H2,22,23). The third kappa shape index (κ3) is 2.79. The first-order valence-electron chi connectivity index (χ1n) is 7.75. The molecule has 4 nitrogen and oxygen atoms in total. The van der Waals surface area contributed by atoms with Crippen molar-refractivity contribution in [3.63, 3.8) is 0 Å². The van der Waals surface area contributed by atoms with Crippen LogP contribution in [0.5, 0.6) is 11.5 Å². The van der Waals surface area contributed by atoms with Crippen LogP contribution in [0.15, 0.2) is 36.4 Å². The summed E-state index contributed by atoms with van der Waals surface area (Å²) in [6.45, 7) is 0. The van der Waals surface area contributed by atoms with Crippen molar-refractivity contribution >= 4 is 11.6 Å². The molecule has 0 heterocycles. The molecule has 2 aromatic carbocycles. The molecule has 0 saturated heterocycles. The van der Waals surface area contributed by atoms with Crippen LogP contribution in [0.25, 0.3) is 0 Å². The molecule has 0 aromatic heterocycles. The Hall–Kier alpha value is -2.63. The average Bonchev–Trinajstić information content (AvgIpc) is 3.04. The van der Waals surface area contributed by atoms with Gasteiger partial charge in [0.25, 0.3) is 0 Å². The highest BCUT2D eigenvalue weighted by Crippen LogP contribution is 2.41. The smallest absolute Gasteiger partial charge is 0.228 e. The Morgan fingerprint density at radius 3 is 2.29 bits per heavy atom. The first-order valence-corrected chi connectivity index (χ1v) is 7.75. The van der Waals surface area contributed by atoms with E-state index in [0.29, 0.717) is 11.8 Å². The van der Waals surface area contributed by atoms with Gasteiger partial charge in [0.2, 0.25) is 5.91 Å². The zero-order valence-corrected chi connectivity index (χ0v) is 13.0. The molecule has 0 radical (unpaired) electrons. The summed E-state index contributed by atoms with van der Waals surface area (Å²) in [5.74, 6) is -1.70. The van der Waals surface area contributed by atoms with Crippen LogP contribution in [-0.4, -0.2) is 5.91 Å². The van der Waals surface area contributed by atoms with E-state index in [1.165, 1.54) is 0 Å². The second-order valence-electron chi connectivity index (χ2n) is 6.08. The van der Waals surface area contributed by atoms with E-state index in [1.54, 1.807) is 24.3 Å². The molecular weight excluding hydrogens is 314 g/mol. The van der Waals surface area contributed by atoms with Crippen LogP contribution in [0.4, 0.5) is 14.5 Å². The second-order valence-corrected chi connectivity index (χ2v) is 6.08. The minimum atomic E-state index is -0.875. The SMILES string of the molecule is NC(=O)C1(c2ccc(Oc3cc(F)cc(F)c3N)cc2)CCCC1. The summed E-state index contributed by atoms with van der Waals surface area (Å²) in [4.78, 5) is 11.9. The molecule has 2 aromatic rings. The summed E-state index contributed by atoms with van der Waals surface area (Å²) in [7, 11) is 0. The van der Waals surface area contributed by atoms with E-state index in [9.17, 15) is 13.6 Å². The molecule has 1 aliphatic carbocycles. The number of carbonyl (C=O) groups excluding carboxylic acids is 1. The van der Waals surface area contributed by atoms with Crippen LogP contribution in [-0.2, 0) is 10.2 Å². The molecule has 0 spiro atoms. The van der Waals surface area contributed by atoms with Crippen molar-refractivity contribution in [2.75, 3.05) is 5.73 Å². The fourth-order valence-corrected chi connectivity index (χ4v) is 3.27. The van der Waals surface area contributed by atoms with E-state index in [1.807, 2.05) is 0 Å². The fraction of sp³-hybridized carbons (Fsp3) is 0.278.